The number of hydrogen-bond acceptors (Lipinski definition) is 4. The minimum Gasteiger partial charge on any atom is -0.273 e. The van der Waals surface area contributed by atoms with E-state index in [0.29, 0.717) is 5.69 Å². The van der Waals surface area contributed by atoms with Gasteiger partial charge in [0.15, 0.2) is 6.10 Å². The van der Waals surface area contributed by atoms with E-state index < -0.39 is 12.0 Å². The van der Waals surface area contributed by atoms with E-state index >= 15 is 0 Å². The molecule has 2 heterocycles. The highest BCUT2D eigenvalue weighted by Gasteiger charge is 2.59. The molecule has 0 N–H and O–H groups in total. The number of imide groups is 1. The molecule has 2 amide bonds. The Balaban J connectivity index is 1.68. The predicted molar refractivity (Wildman–Crippen MR) is 94.9 cm³/mol. The molecule has 2 saturated heterocycles. The summed E-state index contributed by atoms with van der Waals surface area (Å²) in [6.07, 6.45) is 0.954. The molecule has 0 aliphatic carbocycles. The molecule has 2 aromatic carbocycles. The number of hydrogen-bond donors (Lipinski definition) is 0. The molecule has 0 saturated carbocycles. The van der Waals surface area contributed by atoms with Crippen LogP contribution in [0.3, 0.4) is 0 Å². The molecule has 2 aliphatic rings. The number of hydroxylamine groups is 1. The number of benzene rings is 2. The second kappa shape index (κ2) is 6.33. The SMILES string of the molecule is CCC[C@@H]1[C@@H]2C(=O)N(c3ccccc3)C(=O)[C@H]2ON1c1ccccc1. The first kappa shape index (κ1) is 15.8. The standard InChI is InChI=1S/C20H20N2O3/c1-2-9-16-17-18(25-22(16)15-12-7-4-8-13-15)20(24)21(19(17)23)14-10-5-3-6-11-14/h3-8,10-13,16-18H,2,9H2,1H3/t16-,17+,18+/m1/s1. The van der Waals surface area contributed by atoms with E-state index in [4.69, 9.17) is 4.84 Å². The molecule has 0 bridgehead atoms. The fourth-order valence-electron chi connectivity index (χ4n) is 3.74. The summed E-state index contributed by atoms with van der Waals surface area (Å²) >= 11 is 0. The van der Waals surface area contributed by atoms with Crippen molar-refractivity contribution in [2.24, 2.45) is 5.92 Å². The highest BCUT2D eigenvalue weighted by atomic mass is 16.7. The van der Waals surface area contributed by atoms with Gasteiger partial charge < -0.3 is 0 Å². The summed E-state index contributed by atoms with van der Waals surface area (Å²) in [4.78, 5) is 33.2. The Labute approximate surface area is 146 Å². The highest BCUT2D eigenvalue weighted by Crippen LogP contribution is 2.41. The number of rotatable bonds is 4. The van der Waals surface area contributed by atoms with Crippen molar-refractivity contribution in [3.63, 3.8) is 0 Å². The lowest BCUT2D eigenvalue weighted by molar-refractivity contribution is -0.126. The summed E-state index contributed by atoms with van der Waals surface area (Å²) in [5, 5.41) is 1.76. The van der Waals surface area contributed by atoms with Crippen LogP contribution in [0.1, 0.15) is 19.8 Å². The first-order valence-electron chi connectivity index (χ1n) is 8.66. The van der Waals surface area contributed by atoms with Crippen LogP contribution in [0.2, 0.25) is 0 Å². The van der Waals surface area contributed by atoms with Gasteiger partial charge in [0.05, 0.1) is 23.3 Å². The third-order valence-electron chi connectivity index (χ3n) is 4.85. The minimum atomic E-state index is -0.746. The molecule has 0 spiro atoms. The summed E-state index contributed by atoms with van der Waals surface area (Å²) in [5.74, 6) is -0.910. The Morgan fingerprint density at radius 1 is 0.880 bits per heavy atom. The molecular weight excluding hydrogens is 316 g/mol. The second-order valence-electron chi connectivity index (χ2n) is 6.42. The summed E-state index contributed by atoms with van der Waals surface area (Å²) in [6, 6.07) is 18.6. The van der Waals surface area contributed by atoms with Gasteiger partial charge in [-0.25, -0.2) is 9.96 Å². The van der Waals surface area contributed by atoms with Crippen molar-refractivity contribution < 1.29 is 14.4 Å². The van der Waals surface area contributed by atoms with Crippen LogP contribution in [0, 0.1) is 5.92 Å². The molecule has 2 aromatic rings. The molecule has 5 nitrogen and oxygen atoms in total. The number of fused-ring (bicyclic) bond motifs is 1. The van der Waals surface area contributed by atoms with Crippen molar-refractivity contribution in [3.05, 3.63) is 60.7 Å². The van der Waals surface area contributed by atoms with Gasteiger partial charge in [0.25, 0.3) is 5.91 Å². The van der Waals surface area contributed by atoms with Gasteiger partial charge in [-0.3, -0.25) is 14.4 Å². The monoisotopic (exact) mass is 336 g/mol. The Kier molecular flexibility index (Phi) is 4.01. The molecule has 0 radical (unpaired) electrons. The van der Waals surface area contributed by atoms with Crippen molar-refractivity contribution in [1.29, 1.82) is 0 Å². The van der Waals surface area contributed by atoms with Crippen molar-refractivity contribution >= 4 is 23.2 Å². The molecule has 2 aliphatic heterocycles. The van der Waals surface area contributed by atoms with Crippen LogP contribution in [0.5, 0.6) is 0 Å². The molecule has 4 rings (SSSR count). The van der Waals surface area contributed by atoms with Crippen molar-refractivity contribution in [2.45, 2.75) is 31.9 Å². The van der Waals surface area contributed by atoms with E-state index in [1.807, 2.05) is 48.5 Å². The molecule has 0 aromatic heterocycles. The minimum absolute atomic E-state index is 0.137. The lowest BCUT2D eigenvalue weighted by Crippen LogP contribution is -2.40. The van der Waals surface area contributed by atoms with Gasteiger partial charge in [-0.15, -0.1) is 0 Å². The smallest absolute Gasteiger partial charge is 0.266 e. The first-order valence-corrected chi connectivity index (χ1v) is 8.66. The maximum Gasteiger partial charge on any atom is 0.266 e. The van der Waals surface area contributed by atoms with Crippen molar-refractivity contribution in [1.82, 2.24) is 0 Å². The van der Waals surface area contributed by atoms with Crippen LogP contribution in [-0.4, -0.2) is 24.0 Å². The maximum atomic E-state index is 13.1. The molecule has 3 atom stereocenters. The number of para-hydroxylation sites is 2. The van der Waals surface area contributed by atoms with Gasteiger partial charge in [0, 0.05) is 0 Å². The van der Waals surface area contributed by atoms with Crippen LogP contribution in [0.15, 0.2) is 60.7 Å². The lowest BCUT2D eigenvalue weighted by Gasteiger charge is -2.28. The normalized spacial score (nSPS) is 25.6. The average molecular weight is 336 g/mol. The fraction of sp³-hybridized carbons (Fsp3) is 0.300. The predicted octanol–water partition coefficient (Wildman–Crippen LogP) is 3.17. The van der Waals surface area contributed by atoms with Crippen LogP contribution >= 0.6 is 0 Å². The zero-order chi connectivity index (χ0) is 17.4. The molecule has 2 fully saturated rings. The quantitative estimate of drug-likeness (QED) is 0.805. The average Bonchev–Trinajstić information content (AvgIpc) is 3.13. The van der Waals surface area contributed by atoms with Gasteiger partial charge in [-0.1, -0.05) is 49.7 Å². The zero-order valence-electron chi connectivity index (χ0n) is 14.0. The van der Waals surface area contributed by atoms with Gasteiger partial charge in [0.2, 0.25) is 5.91 Å². The lowest BCUT2D eigenvalue weighted by atomic mass is 9.93. The number of carbonyl (C=O) groups excluding carboxylic acids is 2. The summed E-state index contributed by atoms with van der Waals surface area (Å²) in [6.45, 7) is 2.08. The third-order valence-corrected chi connectivity index (χ3v) is 4.85. The van der Waals surface area contributed by atoms with Crippen molar-refractivity contribution in [2.75, 3.05) is 9.96 Å². The van der Waals surface area contributed by atoms with Gasteiger partial charge in [-0.2, -0.15) is 0 Å². The first-order chi connectivity index (χ1) is 12.2. The third kappa shape index (κ3) is 2.51. The van der Waals surface area contributed by atoms with Crippen LogP contribution < -0.4 is 9.96 Å². The van der Waals surface area contributed by atoms with Gasteiger partial charge in [-0.05, 0) is 30.7 Å². The number of carbonyl (C=O) groups is 2. The Hall–Kier alpha value is -2.66. The summed E-state index contributed by atoms with van der Waals surface area (Å²) < 4.78 is 0. The molecule has 25 heavy (non-hydrogen) atoms. The van der Waals surface area contributed by atoms with Crippen molar-refractivity contribution in [3.8, 4) is 0 Å². The van der Waals surface area contributed by atoms with Crippen LogP contribution in [0.25, 0.3) is 0 Å². The Morgan fingerprint density at radius 2 is 1.48 bits per heavy atom. The Bertz CT molecular complexity index is 778. The summed E-state index contributed by atoms with van der Waals surface area (Å²) in [7, 11) is 0. The van der Waals surface area contributed by atoms with E-state index in [1.54, 1.807) is 17.2 Å². The number of amides is 2. The fourth-order valence-corrected chi connectivity index (χ4v) is 3.74. The van der Waals surface area contributed by atoms with E-state index in [-0.39, 0.29) is 17.9 Å². The Morgan fingerprint density at radius 3 is 2.08 bits per heavy atom. The van der Waals surface area contributed by atoms with E-state index in [2.05, 4.69) is 6.92 Å². The second-order valence-corrected chi connectivity index (χ2v) is 6.42. The van der Waals surface area contributed by atoms with Crippen LogP contribution in [-0.2, 0) is 14.4 Å². The van der Waals surface area contributed by atoms with Crippen LogP contribution in [0.4, 0.5) is 11.4 Å². The maximum absolute atomic E-state index is 13.1. The van der Waals surface area contributed by atoms with Gasteiger partial charge >= 0.3 is 0 Å². The molecule has 5 heteroatoms. The van der Waals surface area contributed by atoms with Gasteiger partial charge in [0.1, 0.15) is 0 Å². The topological polar surface area (TPSA) is 49.9 Å². The molecular formula is C20H20N2O3. The van der Waals surface area contributed by atoms with E-state index in [0.717, 1.165) is 18.5 Å². The zero-order valence-corrected chi connectivity index (χ0v) is 14.0. The highest BCUT2D eigenvalue weighted by molar-refractivity contribution is 6.23. The number of anilines is 2. The van der Waals surface area contributed by atoms with E-state index in [1.165, 1.54) is 4.90 Å². The molecule has 128 valence electrons. The largest absolute Gasteiger partial charge is 0.273 e. The molecule has 0 unspecified atom stereocenters. The van der Waals surface area contributed by atoms with E-state index in [9.17, 15) is 9.59 Å². The summed E-state index contributed by atoms with van der Waals surface area (Å²) in [5.41, 5.74) is 1.49. The number of nitrogens with zero attached hydrogens (tertiary/aromatic N) is 2.